The lowest BCUT2D eigenvalue weighted by atomic mass is 9.88. The van der Waals surface area contributed by atoms with E-state index in [1.807, 2.05) is 4.90 Å². The van der Waals surface area contributed by atoms with E-state index < -0.39 is 24.8 Å². The van der Waals surface area contributed by atoms with Gasteiger partial charge in [0.25, 0.3) is 6.43 Å². The average Bonchev–Trinajstić information content (AvgIpc) is 3.35. The van der Waals surface area contributed by atoms with Crippen LogP contribution in [0.3, 0.4) is 0 Å². The maximum absolute atomic E-state index is 12.8. The molecule has 5 rings (SSSR count). The molecule has 2 unspecified atom stereocenters. The second-order valence-electron chi connectivity index (χ2n) is 8.19. The Morgan fingerprint density at radius 2 is 1.82 bits per heavy atom. The molecule has 0 saturated carbocycles. The molecule has 0 N–H and O–H groups in total. The van der Waals surface area contributed by atoms with Gasteiger partial charge in [0.1, 0.15) is 23.6 Å². The van der Waals surface area contributed by atoms with Gasteiger partial charge in [0, 0.05) is 26.1 Å². The molecular weight excluding hydrogens is 449 g/mol. The standard InChI is InChI=1S/C20H18F5N7O/c21-16(22)10-32-19-14(5-28-32)26-6-17(29-19)30-7-11-3-18(33)31(9-12(11)8-30)13-1-2-15(27-4-13)20(23,24)25/h1-2,4-6,11-12,16H,3,7-10H2. The van der Waals surface area contributed by atoms with Gasteiger partial charge in [-0.3, -0.25) is 4.79 Å². The smallest absolute Gasteiger partial charge is 0.355 e. The number of nitrogens with zero attached hydrogens (tertiary/aromatic N) is 7. The van der Waals surface area contributed by atoms with Crippen LogP contribution in [0.4, 0.5) is 33.5 Å². The summed E-state index contributed by atoms with van der Waals surface area (Å²) in [6, 6.07) is 2.12. The Balaban J connectivity index is 1.33. The number of alkyl halides is 5. The molecule has 33 heavy (non-hydrogen) atoms. The minimum Gasteiger partial charge on any atom is -0.355 e. The number of fused-ring (bicyclic) bond motifs is 2. The number of pyridine rings is 1. The van der Waals surface area contributed by atoms with E-state index in [0.717, 1.165) is 16.9 Å². The molecule has 0 aliphatic carbocycles. The van der Waals surface area contributed by atoms with Crippen molar-refractivity contribution in [2.75, 3.05) is 29.4 Å². The van der Waals surface area contributed by atoms with Crippen molar-refractivity contribution in [2.24, 2.45) is 11.8 Å². The summed E-state index contributed by atoms with van der Waals surface area (Å²) in [6.07, 6.45) is -2.89. The summed E-state index contributed by atoms with van der Waals surface area (Å²) in [6.45, 7) is 0.841. The fourth-order valence-corrected chi connectivity index (χ4v) is 4.45. The van der Waals surface area contributed by atoms with Crippen LogP contribution < -0.4 is 9.80 Å². The lowest BCUT2D eigenvalue weighted by molar-refractivity contribution is -0.141. The third kappa shape index (κ3) is 4.07. The first-order valence-corrected chi connectivity index (χ1v) is 10.2. The van der Waals surface area contributed by atoms with Gasteiger partial charge in [-0.25, -0.2) is 28.4 Å². The van der Waals surface area contributed by atoms with Crippen LogP contribution in [0.25, 0.3) is 11.2 Å². The molecule has 0 bridgehead atoms. The number of piperidine rings is 1. The molecule has 0 radical (unpaired) electrons. The number of carbonyl (C=O) groups is 1. The predicted molar refractivity (Wildman–Crippen MR) is 107 cm³/mol. The Hall–Kier alpha value is -3.38. The van der Waals surface area contributed by atoms with Crippen LogP contribution in [-0.4, -0.2) is 56.7 Å². The Bertz CT molecular complexity index is 1180. The third-order valence-corrected chi connectivity index (χ3v) is 6.05. The van der Waals surface area contributed by atoms with Crippen molar-refractivity contribution < 1.29 is 26.7 Å². The summed E-state index contributed by atoms with van der Waals surface area (Å²) >= 11 is 0. The summed E-state index contributed by atoms with van der Waals surface area (Å²) in [7, 11) is 0. The van der Waals surface area contributed by atoms with Crippen molar-refractivity contribution in [1.82, 2.24) is 24.7 Å². The maximum atomic E-state index is 12.8. The first-order valence-electron chi connectivity index (χ1n) is 10.2. The first kappa shape index (κ1) is 21.5. The highest BCUT2D eigenvalue weighted by atomic mass is 19.4. The van der Waals surface area contributed by atoms with Crippen molar-refractivity contribution in [3.05, 3.63) is 36.4 Å². The molecule has 0 aromatic carbocycles. The van der Waals surface area contributed by atoms with Crippen LogP contribution in [-0.2, 0) is 17.5 Å². The van der Waals surface area contributed by atoms with Crippen molar-refractivity contribution in [3.63, 3.8) is 0 Å². The lowest BCUT2D eigenvalue weighted by Gasteiger charge is -2.33. The van der Waals surface area contributed by atoms with Gasteiger partial charge in [0.2, 0.25) is 5.91 Å². The van der Waals surface area contributed by atoms with Crippen LogP contribution in [0.1, 0.15) is 12.1 Å². The van der Waals surface area contributed by atoms with Crippen LogP contribution in [0.2, 0.25) is 0 Å². The van der Waals surface area contributed by atoms with Crippen molar-refractivity contribution in [1.29, 1.82) is 0 Å². The molecule has 2 atom stereocenters. The first-order chi connectivity index (χ1) is 15.7. The van der Waals surface area contributed by atoms with Crippen molar-refractivity contribution in [2.45, 2.75) is 25.6 Å². The highest BCUT2D eigenvalue weighted by molar-refractivity contribution is 5.94. The normalized spacial score (nSPS) is 21.3. The summed E-state index contributed by atoms with van der Waals surface area (Å²) in [5.41, 5.74) is -0.0222. The van der Waals surface area contributed by atoms with E-state index in [1.54, 1.807) is 6.20 Å². The maximum Gasteiger partial charge on any atom is 0.433 e. The van der Waals surface area contributed by atoms with Gasteiger partial charge in [-0.1, -0.05) is 0 Å². The molecule has 2 fully saturated rings. The van der Waals surface area contributed by atoms with E-state index in [2.05, 4.69) is 20.1 Å². The fourth-order valence-electron chi connectivity index (χ4n) is 4.45. The summed E-state index contributed by atoms with van der Waals surface area (Å²) in [5.74, 6) is 0.424. The summed E-state index contributed by atoms with van der Waals surface area (Å²) in [4.78, 5) is 28.3. The van der Waals surface area contributed by atoms with E-state index in [-0.39, 0.29) is 29.8 Å². The molecule has 5 heterocycles. The average molecular weight is 467 g/mol. The molecule has 174 valence electrons. The molecule has 2 saturated heterocycles. The number of anilines is 2. The van der Waals surface area contributed by atoms with Gasteiger partial charge in [-0.2, -0.15) is 18.3 Å². The number of amides is 1. The Kier molecular flexibility index (Phi) is 5.13. The third-order valence-electron chi connectivity index (χ3n) is 6.05. The quantitative estimate of drug-likeness (QED) is 0.549. The highest BCUT2D eigenvalue weighted by Crippen LogP contribution is 2.36. The van der Waals surface area contributed by atoms with Gasteiger partial charge >= 0.3 is 6.18 Å². The van der Waals surface area contributed by atoms with Crippen molar-refractivity contribution >= 4 is 28.6 Å². The number of rotatable bonds is 4. The molecule has 2 aliphatic heterocycles. The minimum atomic E-state index is -4.55. The number of halogens is 5. The molecule has 3 aromatic rings. The van der Waals surface area contributed by atoms with Gasteiger partial charge in [-0.05, 0) is 24.0 Å². The second kappa shape index (κ2) is 7.89. The zero-order valence-electron chi connectivity index (χ0n) is 17.1. The Labute approximate surface area is 184 Å². The fraction of sp³-hybridized carbons (Fsp3) is 0.450. The highest BCUT2D eigenvalue weighted by Gasteiger charge is 2.42. The number of aromatic nitrogens is 5. The molecule has 0 spiro atoms. The predicted octanol–water partition coefficient (Wildman–Crippen LogP) is 2.99. The van der Waals surface area contributed by atoms with Gasteiger partial charge in [0.15, 0.2) is 5.65 Å². The topological polar surface area (TPSA) is 80.0 Å². The second-order valence-corrected chi connectivity index (χ2v) is 8.19. The van der Waals surface area contributed by atoms with Crippen LogP contribution >= 0.6 is 0 Å². The van der Waals surface area contributed by atoms with Gasteiger partial charge < -0.3 is 9.80 Å². The van der Waals surface area contributed by atoms with Gasteiger partial charge in [0.05, 0.1) is 24.3 Å². The number of hydrogen-bond donors (Lipinski definition) is 0. The van der Waals surface area contributed by atoms with Crippen LogP contribution in [0.15, 0.2) is 30.7 Å². The van der Waals surface area contributed by atoms with E-state index in [9.17, 15) is 26.7 Å². The van der Waals surface area contributed by atoms with E-state index in [4.69, 9.17) is 0 Å². The molecular formula is C20H18F5N7O. The minimum absolute atomic E-state index is 0.0413. The number of carbonyl (C=O) groups excluding carboxylic acids is 1. The molecule has 1 amide bonds. The monoisotopic (exact) mass is 467 g/mol. The molecule has 3 aromatic heterocycles. The van der Waals surface area contributed by atoms with Crippen LogP contribution in [0, 0.1) is 11.8 Å². The summed E-state index contributed by atoms with van der Waals surface area (Å²) in [5, 5.41) is 3.92. The SMILES string of the molecule is O=C1CC2CN(c3cnc4cnn(CC(F)F)c4n3)CC2CN1c1ccc(C(F)(F)F)nc1. The Morgan fingerprint density at radius 3 is 2.52 bits per heavy atom. The zero-order valence-corrected chi connectivity index (χ0v) is 17.1. The number of hydrogen-bond acceptors (Lipinski definition) is 6. The van der Waals surface area contributed by atoms with Crippen molar-refractivity contribution in [3.8, 4) is 0 Å². The van der Waals surface area contributed by atoms with E-state index in [1.165, 1.54) is 17.2 Å². The zero-order chi connectivity index (χ0) is 23.3. The Morgan fingerprint density at radius 1 is 1.03 bits per heavy atom. The van der Waals surface area contributed by atoms with Crippen LogP contribution in [0.5, 0.6) is 0 Å². The van der Waals surface area contributed by atoms with E-state index >= 15 is 0 Å². The summed E-state index contributed by atoms with van der Waals surface area (Å²) < 4.78 is 65.1. The lowest BCUT2D eigenvalue weighted by Crippen LogP contribution is -2.44. The molecule has 13 heteroatoms. The van der Waals surface area contributed by atoms with Gasteiger partial charge in [-0.15, -0.1) is 0 Å². The molecule has 8 nitrogen and oxygen atoms in total. The largest absolute Gasteiger partial charge is 0.433 e. The van der Waals surface area contributed by atoms with E-state index in [0.29, 0.717) is 36.7 Å². The molecule has 2 aliphatic rings.